The highest BCUT2D eigenvalue weighted by Gasteiger charge is 2.20. The van der Waals surface area contributed by atoms with E-state index < -0.39 is 0 Å². The lowest BCUT2D eigenvalue weighted by molar-refractivity contribution is 0.0784. The summed E-state index contributed by atoms with van der Waals surface area (Å²) >= 11 is 0. The second-order valence-electron chi connectivity index (χ2n) is 6.71. The van der Waals surface area contributed by atoms with E-state index >= 15 is 0 Å². The van der Waals surface area contributed by atoms with Gasteiger partial charge in [-0.25, -0.2) is 9.67 Å². The zero-order valence-electron chi connectivity index (χ0n) is 16.1. The van der Waals surface area contributed by atoms with E-state index in [9.17, 15) is 4.79 Å². The Morgan fingerprint density at radius 2 is 2.00 bits per heavy atom. The quantitative estimate of drug-likeness (QED) is 0.532. The summed E-state index contributed by atoms with van der Waals surface area (Å²) in [7, 11) is 1.76. The number of hydrogen-bond donors (Lipinski definition) is 0. The summed E-state index contributed by atoms with van der Waals surface area (Å²) < 4.78 is 6.91. The van der Waals surface area contributed by atoms with Crippen LogP contribution in [0.2, 0.25) is 0 Å². The summed E-state index contributed by atoms with van der Waals surface area (Å²) in [6.07, 6.45) is 1.71. The number of benzene rings is 1. The van der Waals surface area contributed by atoms with Gasteiger partial charge in [0, 0.05) is 25.2 Å². The average Bonchev–Trinajstić information content (AvgIpc) is 3.32. The molecule has 0 aliphatic rings. The molecule has 28 heavy (non-hydrogen) atoms. The van der Waals surface area contributed by atoms with Crippen LogP contribution in [0.25, 0.3) is 22.3 Å². The van der Waals surface area contributed by atoms with Gasteiger partial charge in [-0.15, -0.1) is 0 Å². The Labute approximate surface area is 162 Å². The summed E-state index contributed by atoms with van der Waals surface area (Å²) in [6.45, 7) is 4.87. The fourth-order valence-electron chi connectivity index (χ4n) is 3.23. The van der Waals surface area contributed by atoms with Crippen molar-refractivity contribution in [3.8, 4) is 11.3 Å². The minimum absolute atomic E-state index is 0.110. The fourth-order valence-corrected chi connectivity index (χ4v) is 3.23. The molecule has 0 bridgehead atoms. The van der Waals surface area contributed by atoms with Crippen molar-refractivity contribution in [1.29, 1.82) is 0 Å². The van der Waals surface area contributed by atoms with Crippen LogP contribution in [0, 0.1) is 6.92 Å². The average molecular weight is 375 g/mol. The molecular formula is C21H21N5O2. The van der Waals surface area contributed by atoms with E-state index in [1.807, 2.05) is 56.3 Å². The summed E-state index contributed by atoms with van der Waals surface area (Å²) in [5.41, 5.74) is 3.70. The van der Waals surface area contributed by atoms with Crippen molar-refractivity contribution in [3.05, 3.63) is 65.7 Å². The number of fused-ring (bicyclic) bond motifs is 1. The van der Waals surface area contributed by atoms with Crippen LogP contribution in [-0.2, 0) is 13.1 Å². The third-order valence-corrected chi connectivity index (χ3v) is 4.63. The SMILES string of the molecule is CCn1ncc2c(C(=O)N(C)Cc3cc(C)on3)cc(-c3ccccc3)nc21. The Morgan fingerprint density at radius 1 is 1.21 bits per heavy atom. The van der Waals surface area contributed by atoms with Crippen molar-refractivity contribution in [3.63, 3.8) is 0 Å². The summed E-state index contributed by atoms with van der Waals surface area (Å²) in [5.74, 6) is 0.610. The first-order chi connectivity index (χ1) is 13.6. The van der Waals surface area contributed by atoms with Crippen LogP contribution in [0.15, 0.2) is 53.2 Å². The Balaban J connectivity index is 1.78. The van der Waals surface area contributed by atoms with Crippen LogP contribution in [0.5, 0.6) is 0 Å². The molecule has 142 valence electrons. The van der Waals surface area contributed by atoms with Gasteiger partial charge in [0.25, 0.3) is 5.91 Å². The molecule has 4 rings (SSSR count). The predicted octanol–water partition coefficient (Wildman–Crippen LogP) is 3.69. The first-order valence-corrected chi connectivity index (χ1v) is 9.16. The fraction of sp³-hybridized carbons (Fsp3) is 0.238. The number of aromatic nitrogens is 4. The molecule has 0 saturated carbocycles. The first-order valence-electron chi connectivity index (χ1n) is 9.16. The van der Waals surface area contributed by atoms with Crippen molar-refractivity contribution in [1.82, 2.24) is 24.8 Å². The first kappa shape index (κ1) is 17.9. The van der Waals surface area contributed by atoms with Crippen LogP contribution in [0.3, 0.4) is 0 Å². The van der Waals surface area contributed by atoms with Crippen molar-refractivity contribution >= 4 is 16.9 Å². The molecule has 0 radical (unpaired) electrons. The van der Waals surface area contributed by atoms with Gasteiger partial charge in [0.2, 0.25) is 0 Å². The van der Waals surface area contributed by atoms with Crippen LogP contribution < -0.4 is 0 Å². The third kappa shape index (κ3) is 3.26. The maximum atomic E-state index is 13.3. The van der Waals surface area contributed by atoms with Crippen LogP contribution in [0.1, 0.15) is 28.7 Å². The number of hydrogen-bond acceptors (Lipinski definition) is 5. The maximum absolute atomic E-state index is 13.3. The maximum Gasteiger partial charge on any atom is 0.254 e. The summed E-state index contributed by atoms with van der Waals surface area (Å²) in [6, 6.07) is 13.5. The molecule has 0 aliphatic carbocycles. The van der Waals surface area contributed by atoms with Gasteiger partial charge in [0.1, 0.15) is 11.5 Å². The molecule has 1 amide bonds. The largest absolute Gasteiger partial charge is 0.361 e. The zero-order valence-corrected chi connectivity index (χ0v) is 16.1. The van der Waals surface area contributed by atoms with Gasteiger partial charge in [-0.2, -0.15) is 5.10 Å². The van der Waals surface area contributed by atoms with E-state index in [1.165, 1.54) is 0 Å². The number of amides is 1. The Kier molecular flexibility index (Phi) is 4.65. The van der Waals surface area contributed by atoms with Gasteiger partial charge in [-0.3, -0.25) is 4.79 Å². The third-order valence-electron chi connectivity index (χ3n) is 4.63. The molecule has 0 spiro atoms. The molecule has 4 aromatic rings. The van der Waals surface area contributed by atoms with E-state index in [-0.39, 0.29) is 5.91 Å². The molecule has 7 heteroatoms. The predicted molar refractivity (Wildman–Crippen MR) is 106 cm³/mol. The highest BCUT2D eigenvalue weighted by Crippen LogP contribution is 2.26. The smallest absolute Gasteiger partial charge is 0.254 e. The number of pyridine rings is 1. The molecule has 7 nitrogen and oxygen atoms in total. The normalized spacial score (nSPS) is 11.1. The van der Waals surface area contributed by atoms with Crippen LogP contribution in [0.4, 0.5) is 0 Å². The molecule has 1 aromatic carbocycles. The number of carbonyl (C=O) groups excluding carboxylic acids is 1. The molecule has 0 atom stereocenters. The number of nitrogens with zero attached hydrogens (tertiary/aromatic N) is 5. The zero-order chi connectivity index (χ0) is 19.7. The van der Waals surface area contributed by atoms with Gasteiger partial charge in [-0.1, -0.05) is 35.5 Å². The monoisotopic (exact) mass is 375 g/mol. The lowest BCUT2D eigenvalue weighted by Gasteiger charge is -2.17. The minimum Gasteiger partial charge on any atom is -0.361 e. The summed E-state index contributed by atoms with van der Waals surface area (Å²) in [5, 5.41) is 9.12. The molecular weight excluding hydrogens is 354 g/mol. The van der Waals surface area contributed by atoms with Crippen molar-refractivity contribution in [2.75, 3.05) is 7.05 Å². The Hall–Kier alpha value is -3.48. The van der Waals surface area contributed by atoms with Gasteiger partial charge >= 0.3 is 0 Å². The van der Waals surface area contributed by atoms with Crippen molar-refractivity contribution in [2.45, 2.75) is 26.9 Å². The van der Waals surface area contributed by atoms with Gasteiger partial charge in [0.15, 0.2) is 5.65 Å². The molecule has 0 aliphatic heterocycles. The minimum atomic E-state index is -0.110. The van der Waals surface area contributed by atoms with E-state index in [1.54, 1.807) is 22.8 Å². The highest BCUT2D eigenvalue weighted by molar-refractivity contribution is 6.06. The van der Waals surface area contributed by atoms with Gasteiger partial charge < -0.3 is 9.42 Å². The lowest BCUT2D eigenvalue weighted by Crippen LogP contribution is -2.26. The van der Waals surface area contributed by atoms with E-state index in [2.05, 4.69) is 10.3 Å². The molecule has 0 unspecified atom stereocenters. The van der Waals surface area contributed by atoms with Crippen LogP contribution >= 0.6 is 0 Å². The second kappa shape index (κ2) is 7.26. The number of rotatable bonds is 5. The number of carbonyl (C=O) groups is 1. The van der Waals surface area contributed by atoms with Gasteiger partial charge in [0.05, 0.1) is 29.4 Å². The molecule has 3 heterocycles. The Bertz CT molecular complexity index is 1130. The Morgan fingerprint density at radius 3 is 2.68 bits per heavy atom. The van der Waals surface area contributed by atoms with Crippen molar-refractivity contribution in [2.24, 2.45) is 0 Å². The highest BCUT2D eigenvalue weighted by atomic mass is 16.5. The molecule has 0 fully saturated rings. The molecule has 0 N–H and O–H groups in total. The second-order valence-corrected chi connectivity index (χ2v) is 6.71. The van der Waals surface area contributed by atoms with Crippen LogP contribution in [-0.4, -0.2) is 37.8 Å². The standard InChI is InChI=1S/C21H21N5O2/c1-4-26-20-18(12-22-26)17(11-19(23-20)15-8-6-5-7-9-15)21(27)25(3)13-16-10-14(2)28-24-16/h5-12H,4,13H2,1-3H3. The van der Waals surface area contributed by atoms with Crippen molar-refractivity contribution < 1.29 is 9.32 Å². The van der Waals surface area contributed by atoms with E-state index in [4.69, 9.17) is 9.51 Å². The van der Waals surface area contributed by atoms with E-state index in [0.717, 1.165) is 22.4 Å². The summed E-state index contributed by atoms with van der Waals surface area (Å²) in [4.78, 5) is 19.7. The lowest BCUT2D eigenvalue weighted by atomic mass is 10.1. The van der Waals surface area contributed by atoms with E-state index in [0.29, 0.717) is 30.0 Å². The van der Waals surface area contributed by atoms with Gasteiger partial charge in [-0.05, 0) is 19.9 Å². The number of aryl methyl sites for hydroxylation is 2. The topological polar surface area (TPSA) is 77.0 Å². The molecule has 3 aromatic heterocycles. The molecule has 0 saturated heterocycles.